The number of carbonyl (C=O) groups is 2. The SMILES string of the molecule is COC(=O)N[C@H](C(=O)N1CCC[C@H]1c1ncc(-c2cc3oc4ccc(-c5ncc(C6CCCC6)[nH]5)cc4c(=O)c3cc2F)[nH]1)C(C)C. The van der Waals surface area contributed by atoms with E-state index in [1.54, 1.807) is 17.0 Å². The molecular weight excluding hydrogens is 603 g/mol. The fraction of sp³-hybridized carbons (Fsp3) is 0.400. The van der Waals surface area contributed by atoms with Gasteiger partial charge >= 0.3 is 6.09 Å². The molecule has 2 atom stereocenters. The molecule has 7 rings (SSSR count). The first kappa shape index (κ1) is 30.6. The normalized spacial score (nSPS) is 17.6. The lowest BCUT2D eigenvalue weighted by Gasteiger charge is -2.30. The van der Waals surface area contributed by atoms with Gasteiger partial charge in [-0.25, -0.2) is 19.2 Å². The van der Waals surface area contributed by atoms with Gasteiger partial charge in [-0.3, -0.25) is 9.59 Å². The van der Waals surface area contributed by atoms with E-state index in [-0.39, 0.29) is 39.8 Å². The monoisotopic (exact) mass is 640 g/mol. The zero-order valence-electron chi connectivity index (χ0n) is 26.6. The topological polar surface area (TPSA) is 146 Å². The van der Waals surface area contributed by atoms with Gasteiger partial charge < -0.3 is 29.3 Å². The maximum Gasteiger partial charge on any atom is 0.407 e. The molecule has 3 aromatic heterocycles. The van der Waals surface area contributed by atoms with Gasteiger partial charge in [0.1, 0.15) is 34.7 Å². The number of halogens is 1. The van der Waals surface area contributed by atoms with E-state index in [0.717, 1.165) is 30.5 Å². The molecule has 1 saturated carbocycles. The Morgan fingerprint density at radius 1 is 1.02 bits per heavy atom. The zero-order chi connectivity index (χ0) is 32.8. The second kappa shape index (κ2) is 12.3. The number of rotatable bonds is 7. The number of carbonyl (C=O) groups excluding carboxylic acids is 2. The van der Waals surface area contributed by atoms with Gasteiger partial charge in [-0.05, 0) is 61.9 Å². The van der Waals surface area contributed by atoms with Gasteiger partial charge in [-0.2, -0.15) is 0 Å². The van der Waals surface area contributed by atoms with Crippen LogP contribution in [0.5, 0.6) is 0 Å². The number of alkyl carbamates (subject to hydrolysis) is 1. The van der Waals surface area contributed by atoms with E-state index < -0.39 is 18.0 Å². The maximum absolute atomic E-state index is 15.7. The summed E-state index contributed by atoms with van der Waals surface area (Å²) < 4.78 is 26.5. The van der Waals surface area contributed by atoms with Crippen molar-refractivity contribution < 1.29 is 23.1 Å². The summed E-state index contributed by atoms with van der Waals surface area (Å²) in [5, 5.41) is 3.11. The van der Waals surface area contributed by atoms with Crippen LogP contribution < -0.4 is 10.7 Å². The van der Waals surface area contributed by atoms with Crippen molar-refractivity contribution in [2.75, 3.05) is 13.7 Å². The van der Waals surface area contributed by atoms with Crippen LogP contribution in [0.2, 0.25) is 0 Å². The highest BCUT2D eigenvalue weighted by Crippen LogP contribution is 2.36. The molecule has 2 aliphatic rings. The molecule has 0 radical (unpaired) electrons. The average Bonchev–Trinajstić information content (AvgIpc) is 3.90. The smallest absolute Gasteiger partial charge is 0.407 e. The predicted molar refractivity (Wildman–Crippen MR) is 174 cm³/mol. The standard InChI is InChI=1S/C35H37FN6O5/c1-18(2)30(41-35(45)46-3)34(44)42-12-6-9-27(42)33-38-17-26(40-33)21-15-29-23(14-24(21)36)31(43)22-13-20(10-11-28(22)47-29)32-37-16-25(39-32)19-7-4-5-8-19/h10-11,13-19,27,30H,4-9,12H2,1-3H3,(H,37,39)(H,38,40)(H,41,45)/t27-,30-/m0/s1. The van der Waals surface area contributed by atoms with E-state index >= 15 is 4.39 Å². The molecule has 1 aliphatic heterocycles. The Balaban J connectivity index is 1.17. The number of amides is 2. The molecule has 3 N–H and O–H groups in total. The third-order valence-electron chi connectivity index (χ3n) is 9.55. The second-order valence-electron chi connectivity index (χ2n) is 12.9. The van der Waals surface area contributed by atoms with Crippen LogP contribution >= 0.6 is 0 Å². The lowest BCUT2D eigenvalue weighted by Crippen LogP contribution is -2.51. The lowest BCUT2D eigenvalue weighted by atomic mass is 10.0. The highest BCUT2D eigenvalue weighted by molar-refractivity contribution is 5.93. The van der Waals surface area contributed by atoms with E-state index in [1.807, 2.05) is 26.1 Å². The van der Waals surface area contributed by atoms with Crippen molar-refractivity contribution >= 4 is 33.9 Å². The van der Waals surface area contributed by atoms with Crippen molar-refractivity contribution in [3.63, 3.8) is 0 Å². The second-order valence-corrected chi connectivity index (χ2v) is 12.9. The molecule has 0 unspecified atom stereocenters. The minimum atomic E-state index is -0.766. The molecule has 47 heavy (non-hydrogen) atoms. The van der Waals surface area contributed by atoms with Gasteiger partial charge in [0.15, 0.2) is 0 Å². The number of ether oxygens (including phenoxy) is 1. The number of imidazole rings is 2. The van der Waals surface area contributed by atoms with Gasteiger partial charge in [0.25, 0.3) is 0 Å². The number of nitrogens with zero attached hydrogens (tertiary/aromatic N) is 3. The van der Waals surface area contributed by atoms with E-state index in [9.17, 15) is 14.4 Å². The summed E-state index contributed by atoms with van der Waals surface area (Å²) in [5.74, 6) is 0.670. The molecule has 1 aliphatic carbocycles. The number of likely N-dealkylation sites (tertiary alicyclic amines) is 1. The maximum atomic E-state index is 15.7. The number of H-pyrrole nitrogens is 2. The first-order valence-corrected chi connectivity index (χ1v) is 16.2. The van der Waals surface area contributed by atoms with Crippen LogP contribution in [0.4, 0.5) is 9.18 Å². The fourth-order valence-corrected chi connectivity index (χ4v) is 6.99. The quantitative estimate of drug-likeness (QED) is 0.171. The highest BCUT2D eigenvalue weighted by Gasteiger charge is 2.37. The van der Waals surface area contributed by atoms with Gasteiger partial charge in [-0.1, -0.05) is 26.7 Å². The Labute approximate surface area is 269 Å². The molecule has 5 aromatic rings. The molecule has 0 spiro atoms. The van der Waals surface area contributed by atoms with Gasteiger partial charge in [0, 0.05) is 35.5 Å². The number of nitrogens with one attached hydrogen (secondary N) is 3. The molecule has 4 heterocycles. The molecule has 2 fully saturated rings. The summed E-state index contributed by atoms with van der Waals surface area (Å²) in [4.78, 5) is 56.4. The van der Waals surface area contributed by atoms with Crippen LogP contribution in [0.15, 0.2) is 51.9 Å². The third-order valence-corrected chi connectivity index (χ3v) is 9.55. The van der Waals surface area contributed by atoms with E-state index in [4.69, 9.17) is 9.15 Å². The van der Waals surface area contributed by atoms with Gasteiger partial charge in [0.2, 0.25) is 11.3 Å². The van der Waals surface area contributed by atoms with Crippen LogP contribution in [-0.2, 0) is 9.53 Å². The summed E-state index contributed by atoms with van der Waals surface area (Å²) in [6, 6.07) is 6.90. The van der Waals surface area contributed by atoms with Crippen molar-refractivity contribution in [3.8, 4) is 22.6 Å². The average molecular weight is 641 g/mol. The van der Waals surface area contributed by atoms with E-state index in [1.165, 1.54) is 38.3 Å². The number of hydrogen-bond donors (Lipinski definition) is 3. The van der Waals surface area contributed by atoms with E-state index in [0.29, 0.717) is 47.2 Å². The van der Waals surface area contributed by atoms with Crippen LogP contribution in [0, 0.1) is 11.7 Å². The fourth-order valence-electron chi connectivity index (χ4n) is 6.99. The molecule has 12 heteroatoms. The number of benzene rings is 2. The predicted octanol–water partition coefficient (Wildman–Crippen LogP) is 6.57. The number of aromatic nitrogens is 4. The van der Waals surface area contributed by atoms with Crippen molar-refractivity contribution in [2.45, 2.75) is 70.4 Å². The Morgan fingerprint density at radius 3 is 2.57 bits per heavy atom. The Kier molecular flexibility index (Phi) is 8.03. The summed E-state index contributed by atoms with van der Waals surface area (Å²) in [5.41, 5.74) is 2.75. The molecule has 2 amide bonds. The van der Waals surface area contributed by atoms with Crippen molar-refractivity contribution in [1.82, 2.24) is 30.2 Å². The van der Waals surface area contributed by atoms with Gasteiger partial charge in [-0.15, -0.1) is 0 Å². The summed E-state index contributed by atoms with van der Waals surface area (Å²) in [6.07, 6.45) is 8.87. The number of aromatic amines is 2. The summed E-state index contributed by atoms with van der Waals surface area (Å²) in [7, 11) is 1.25. The molecular formula is C35H37FN6O5. The van der Waals surface area contributed by atoms with Crippen LogP contribution in [0.25, 0.3) is 44.6 Å². The Bertz CT molecular complexity index is 2040. The highest BCUT2D eigenvalue weighted by atomic mass is 19.1. The Morgan fingerprint density at radius 2 is 1.81 bits per heavy atom. The van der Waals surface area contributed by atoms with E-state index in [2.05, 4.69) is 25.3 Å². The number of fused-ring (bicyclic) bond motifs is 2. The number of hydrogen-bond acceptors (Lipinski definition) is 7. The van der Waals surface area contributed by atoms with Crippen molar-refractivity contribution in [3.05, 3.63) is 70.3 Å². The van der Waals surface area contributed by atoms with Crippen molar-refractivity contribution in [2.24, 2.45) is 5.92 Å². The third kappa shape index (κ3) is 5.66. The van der Waals surface area contributed by atoms with Gasteiger partial charge in [0.05, 0.1) is 35.8 Å². The van der Waals surface area contributed by atoms with Crippen molar-refractivity contribution in [1.29, 1.82) is 0 Å². The number of methoxy groups -OCH3 is 1. The largest absolute Gasteiger partial charge is 0.456 e. The minimum absolute atomic E-state index is 0.132. The summed E-state index contributed by atoms with van der Waals surface area (Å²) in [6.45, 7) is 4.20. The minimum Gasteiger partial charge on any atom is -0.456 e. The Hall–Kier alpha value is -5.00. The first-order valence-electron chi connectivity index (χ1n) is 16.2. The molecule has 0 bridgehead atoms. The molecule has 11 nitrogen and oxygen atoms in total. The molecule has 1 saturated heterocycles. The first-order chi connectivity index (χ1) is 22.7. The zero-order valence-corrected chi connectivity index (χ0v) is 26.6. The van der Waals surface area contributed by atoms with Crippen LogP contribution in [0.3, 0.4) is 0 Å². The lowest BCUT2D eigenvalue weighted by molar-refractivity contribution is -0.135. The summed E-state index contributed by atoms with van der Waals surface area (Å²) >= 11 is 0. The van der Waals surface area contributed by atoms with Crippen LogP contribution in [0.1, 0.15) is 75.9 Å². The van der Waals surface area contributed by atoms with Crippen LogP contribution in [-0.4, -0.2) is 56.5 Å². The molecule has 244 valence electrons. The molecule has 2 aromatic carbocycles.